The molecule has 0 fully saturated rings. The minimum absolute atomic E-state index is 0.0811. The average molecular weight is 170 g/mol. The molecule has 0 aliphatic rings. The highest BCUT2D eigenvalue weighted by Gasteiger charge is 1.98. The van der Waals surface area contributed by atoms with Gasteiger partial charge in [-0.05, 0) is 26.2 Å². The molecule has 0 N–H and O–H groups in total. The Bertz CT molecular complexity index is 139. The SMILES string of the molecule is CCC=CCCCC(=O)OCC. The molecule has 0 saturated carbocycles. The fraction of sp³-hybridized carbons (Fsp3) is 0.700. The maximum absolute atomic E-state index is 10.8. The first-order valence-electron chi connectivity index (χ1n) is 4.61. The van der Waals surface area contributed by atoms with E-state index >= 15 is 0 Å². The summed E-state index contributed by atoms with van der Waals surface area (Å²) in [5, 5.41) is 0. The van der Waals surface area contributed by atoms with Gasteiger partial charge in [-0.15, -0.1) is 0 Å². The maximum Gasteiger partial charge on any atom is 0.305 e. The van der Waals surface area contributed by atoms with E-state index in [0.717, 1.165) is 19.3 Å². The largest absolute Gasteiger partial charge is 0.466 e. The summed E-state index contributed by atoms with van der Waals surface area (Å²) >= 11 is 0. The van der Waals surface area contributed by atoms with Crippen LogP contribution in [0.15, 0.2) is 12.2 Å². The van der Waals surface area contributed by atoms with E-state index in [1.54, 1.807) is 0 Å². The Kier molecular flexibility index (Phi) is 7.76. The Morgan fingerprint density at radius 3 is 2.67 bits per heavy atom. The molecular weight excluding hydrogens is 152 g/mol. The van der Waals surface area contributed by atoms with Crippen LogP contribution in [0.4, 0.5) is 0 Å². The summed E-state index contributed by atoms with van der Waals surface area (Å²) in [6, 6.07) is 0. The minimum atomic E-state index is -0.0811. The Labute approximate surface area is 74.6 Å². The van der Waals surface area contributed by atoms with Crippen molar-refractivity contribution in [2.24, 2.45) is 0 Å². The number of ether oxygens (including phenoxy) is 1. The van der Waals surface area contributed by atoms with Gasteiger partial charge in [0.2, 0.25) is 0 Å². The third-order valence-corrected chi connectivity index (χ3v) is 1.46. The first-order valence-corrected chi connectivity index (χ1v) is 4.61. The summed E-state index contributed by atoms with van der Waals surface area (Å²) < 4.78 is 4.79. The lowest BCUT2D eigenvalue weighted by Crippen LogP contribution is -2.02. The van der Waals surface area contributed by atoms with Gasteiger partial charge in [0.05, 0.1) is 6.61 Å². The fourth-order valence-corrected chi connectivity index (χ4v) is 0.882. The molecule has 0 radical (unpaired) electrons. The Morgan fingerprint density at radius 1 is 1.33 bits per heavy atom. The molecule has 0 saturated heterocycles. The van der Waals surface area contributed by atoms with Crippen molar-refractivity contribution < 1.29 is 9.53 Å². The zero-order valence-electron chi connectivity index (χ0n) is 8.01. The minimum Gasteiger partial charge on any atom is -0.466 e. The van der Waals surface area contributed by atoms with Crippen LogP contribution in [0.5, 0.6) is 0 Å². The summed E-state index contributed by atoms with van der Waals surface area (Å²) in [5.41, 5.74) is 0. The van der Waals surface area contributed by atoms with Crippen LogP contribution in [0.2, 0.25) is 0 Å². The third kappa shape index (κ3) is 7.32. The number of hydrogen-bond acceptors (Lipinski definition) is 2. The predicted molar refractivity (Wildman–Crippen MR) is 49.9 cm³/mol. The van der Waals surface area contributed by atoms with Gasteiger partial charge in [-0.3, -0.25) is 4.79 Å². The summed E-state index contributed by atoms with van der Waals surface area (Å²) in [5.74, 6) is -0.0811. The highest BCUT2D eigenvalue weighted by molar-refractivity contribution is 5.69. The lowest BCUT2D eigenvalue weighted by atomic mass is 10.2. The molecule has 0 aromatic carbocycles. The molecule has 0 aliphatic carbocycles. The number of rotatable bonds is 6. The van der Waals surface area contributed by atoms with E-state index in [1.807, 2.05) is 6.92 Å². The fourth-order valence-electron chi connectivity index (χ4n) is 0.882. The summed E-state index contributed by atoms with van der Waals surface area (Å²) in [7, 11) is 0. The zero-order chi connectivity index (χ0) is 9.23. The maximum atomic E-state index is 10.8. The van der Waals surface area contributed by atoms with Gasteiger partial charge in [-0.1, -0.05) is 19.1 Å². The summed E-state index contributed by atoms with van der Waals surface area (Å²) in [4.78, 5) is 10.8. The van der Waals surface area contributed by atoms with E-state index in [0.29, 0.717) is 13.0 Å². The topological polar surface area (TPSA) is 26.3 Å². The lowest BCUT2D eigenvalue weighted by molar-refractivity contribution is -0.143. The van der Waals surface area contributed by atoms with Gasteiger partial charge in [0.25, 0.3) is 0 Å². The molecule has 2 heteroatoms. The standard InChI is InChI=1S/C10H18O2/c1-3-5-6-7-8-9-10(11)12-4-2/h5-6H,3-4,7-9H2,1-2H3. The van der Waals surface area contributed by atoms with Gasteiger partial charge < -0.3 is 4.74 Å². The number of allylic oxidation sites excluding steroid dienone is 2. The molecule has 0 aromatic rings. The van der Waals surface area contributed by atoms with Gasteiger partial charge in [0.1, 0.15) is 0 Å². The highest BCUT2D eigenvalue weighted by Crippen LogP contribution is 1.99. The lowest BCUT2D eigenvalue weighted by Gasteiger charge is -1.98. The monoisotopic (exact) mass is 170 g/mol. The van der Waals surface area contributed by atoms with Crippen molar-refractivity contribution in [3.05, 3.63) is 12.2 Å². The first-order chi connectivity index (χ1) is 5.81. The molecule has 70 valence electrons. The predicted octanol–water partition coefficient (Wildman–Crippen LogP) is 2.69. The number of carbonyl (C=O) groups is 1. The molecular formula is C10H18O2. The van der Waals surface area contributed by atoms with E-state index < -0.39 is 0 Å². The van der Waals surface area contributed by atoms with E-state index in [-0.39, 0.29) is 5.97 Å². The van der Waals surface area contributed by atoms with Gasteiger partial charge >= 0.3 is 5.97 Å². The van der Waals surface area contributed by atoms with Crippen LogP contribution in [0, 0.1) is 0 Å². The molecule has 0 spiro atoms. The second kappa shape index (κ2) is 8.31. The Morgan fingerprint density at radius 2 is 2.08 bits per heavy atom. The number of esters is 1. The van der Waals surface area contributed by atoms with Crippen molar-refractivity contribution in [3.8, 4) is 0 Å². The van der Waals surface area contributed by atoms with Gasteiger partial charge in [0, 0.05) is 6.42 Å². The third-order valence-electron chi connectivity index (χ3n) is 1.46. The molecule has 0 aromatic heterocycles. The van der Waals surface area contributed by atoms with Crippen LogP contribution in [0.1, 0.15) is 39.5 Å². The molecule has 0 amide bonds. The molecule has 0 unspecified atom stereocenters. The number of carbonyl (C=O) groups excluding carboxylic acids is 1. The molecule has 0 heterocycles. The molecule has 0 atom stereocenters. The van der Waals surface area contributed by atoms with Crippen LogP contribution >= 0.6 is 0 Å². The van der Waals surface area contributed by atoms with E-state index in [2.05, 4.69) is 19.1 Å². The Balaban J connectivity index is 3.19. The Hall–Kier alpha value is -0.790. The molecule has 12 heavy (non-hydrogen) atoms. The second-order valence-corrected chi connectivity index (χ2v) is 2.58. The zero-order valence-corrected chi connectivity index (χ0v) is 8.01. The van der Waals surface area contributed by atoms with E-state index in [4.69, 9.17) is 4.74 Å². The van der Waals surface area contributed by atoms with Crippen LogP contribution in [-0.2, 0) is 9.53 Å². The smallest absolute Gasteiger partial charge is 0.305 e. The van der Waals surface area contributed by atoms with Crippen molar-refractivity contribution >= 4 is 5.97 Å². The van der Waals surface area contributed by atoms with Crippen molar-refractivity contribution in [1.82, 2.24) is 0 Å². The van der Waals surface area contributed by atoms with Crippen molar-refractivity contribution in [1.29, 1.82) is 0 Å². The second-order valence-electron chi connectivity index (χ2n) is 2.58. The quantitative estimate of drug-likeness (QED) is 0.348. The van der Waals surface area contributed by atoms with Crippen LogP contribution < -0.4 is 0 Å². The average Bonchev–Trinajstić information content (AvgIpc) is 2.05. The van der Waals surface area contributed by atoms with Crippen LogP contribution in [-0.4, -0.2) is 12.6 Å². The first kappa shape index (κ1) is 11.2. The van der Waals surface area contributed by atoms with Crippen molar-refractivity contribution in [3.63, 3.8) is 0 Å². The normalized spacial score (nSPS) is 10.5. The highest BCUT2D eigenvalue weighted by atomic mass is 16.5. The number of unbranched alkanes of at least 4 members (excludes halogenated alkanes) is 1. The van der Waals surface area contributed by atoms with Crippen LogP contribution in [0.25, 0.3) is 0 Å². The van der Waals surface area contributed by atoms with Gasteiger partial charge in [-0.25, -0.2) is 0 Å². The van der Waals surface area contributed by atoms with E-state index in [9.17, 15) is 4.79 Å². The summed E-state index contributed by atoms with van der Waals surface area (Å²) in [6.45, 7) is 4.42. The summed E-state index contributed by atoms with van der Waals surface area (Å²) in [6.07, 6.45) is 7.72. The van der Waals surface area contributed by atoms with E-state index in [1.165, 1.54) is 0 Å². The van der Waals surface area contributed by atoms with Gasteiger partial charge in [0.15, 0.2) is 0 Å². The molecule has 0 bridgehead atoms. The molecule has 0 rings (SSSR count). The van der Waals surface area contributed by atoms with Crippen molar-refractivity contribution in [2.45, 2.75) is 39.5 Å². The number of hydrogen-bond donors (Lipinski definition) is 0. The van der Waals surface area contributed by atoms with Gasteiger partial charge in [-0.2, -0.15) is 0 Å². The molecule has 0 aliphatic heterocycles. The van der Waals surface area contributed by atoms with Crippen molar-refractivity contribution in [2.75, 3.05) is 6.61 Å². The molecule has 2 nitrogen and oxygen atoms in total. The van der Waals surface area contributed by atoms with Crippen LogP contribution in [0.3, 0.4) is 0 Å².